The summed E-state index contributed by atoms with van der Waals surface area (Å²) in [5.41, 5.74) is 0.125. The average molecular weight is 298 g/mol. The maximum Gasteiger partial charge on any atom is 1.00 e. The summed E-state index contributed by atoms with van der Waals surface area (Å²) in [5.74, 6) is -0.690. The van der Waals surface area contributed by atoms with Crippen molar-refractivity contribution in [1.29, 1.82) is 0 Å². The molecular weight excluding hydrogens is 291 g/mol. The molecule has 1 aliphatic heterocycles. The summed E-state index contributed by atoms with van der Waals surface area (Å²) in [6.07, 6.45) is -1.55. The van der Waals surface area contributed by atoms with Crippen molar-refractivity contribution in [3.63, 3.8) is 0 Å². The van der Waals surface area contributed by atoms with Crippen LogP contribution < -0.4 is 56.3 Å². The van der Waals surface area contributed by atoms with E-state index >= 15 is 0 Å². The second-order valence-electron chi connectivity index (χ2n) is 3.96. The number of nitro groups is 1. The fraction of sp³-hybridized carbons (Fsp3) is 0.222. The number of hydrogen-bond donors (Lipinski definition) is 0. The molecule has 0 saturated carbocycles. The van der Waals surface area contributed by atoms with E-state index in [0.29, 0.717) is 4.90 Å². The first-order chi connectivity index (χ1) is 8.28. The SMILES string of the molecule is O=C1Cc2cc([N+](=O)[O-])ccc2N1C[B-](F)(F)F.[K+]. The van der Waals surface area contributed by atoms with Crippen molar-refractivity contribution in [3.05, 3.63) is 33.9 Å². The molecule has 0 spiro atoms. The van der Waals surface area contributed by atoms with E-state index in [0.717, 1.165) is 12.1 Å². The van der Waals surface area contributed by atoms with Crippen LogP contribution in [0.2, 0.25) is 0 Å². The van der Waals surface area contributed by atoms with Crippen LogP contribution in [-0.2, 0) is 11.2 Å². The summed E-state index contributed by atoms with van der Waals surface area (Å²) in [6.45, 7) is -5.13. The Morgan fingerprint density at radius 2 is 2.00 bits per heavy atom. The first kappa shape index (κ1) is 16.6. The van der Waals surface area contributed by atoms with E-state index in [1.165, 1.54) is 6.07 Å². The second kappa shape index (κ2) is 5.92. The second-order valence-corrected chi connectivity index (χ2v) is 3.96. The van der Waals surface area contributed by atoms with E-state index in [2.05, 4.69) is 0 Å². The summed E-state index contributed by atoms with van der Waals surface area (Å²) in [6, 6.07) is 3.41. The van der Waals surface area contributed by atoms with E-state index in [4.69, 9.17) is 0 Å². The van der Waals surface area contributed by atoms with Gasteiger partial charge in [0.25, 0.3) is 5.69 Å². The number of rotatable bonds is 3. The van der Waals surface area contributed by atoms with Crippen molar-refractivity contribution in [3.8, 4) is 0 Å². The van der Waals surface area contributed by atoms with Gasteiger partial charge in [-0.15, -0.1) is 0 Å². The molecule has 1 aromatic carbocycles. The van der Waals surface area contributed by atoms with Gasteiger partial charge in [0.15, 0.2) is 0 Å². The third-order valence-corrected chi connectivity index (χ3v) is 2.60. The normalized spacial score (nSPS) is 14.1. The summed E-state index contributed by atoms with van der Waals surface area (Å²) in [7, 11) is 0. The molecule has 1 aliphatic rings. The van der Waals surface area contributed by atoms with Crippen LogP contribution in [0.15, 0.2) is 18.2 Å². The van der Waals surface area contributed by atoms with Gasteiger partial charge in [0.2, 0.25) is 5.91 Å². The first-order valence-corrected chi connectivity index (χ1v) is 5.06. The monoisotopic (exact) mass is 298 g/mol. The van der Waals surface area contributed by atoms with Crippen molar-refractivity contribution in [2.24, 2.45) is 0 Å². The van der Waals surface area contributed by atoms with Gasteiger partial charge < -0.3 is 17.8 Å². The number of amides is 1. The van der Waals surface area contributed by atoms with Crippen LogP contribution in [0.3, 0.4) is 0 Å². The minimum Gasteiger partial charge on any atom is -0.448 e. The minimum atomic E-state index is -5.13. The zero-order valence-electron chi connectivity index (χ0n) is 9.98. The molecule has 0 N–H and O–H groups in total. The fourth-order valence-corrected chi connectivity index (χ4v) is 1.89. The number of fused-ring (bicyclic) bond motifs is 1. The number of hydrogen-bond acceptors (Lipinski definition) is 3. The van der Waals surface area contributed by atoms with E-state index in [1.807, 2.05) is 0 Å². The molecule has 1 amide bonds. The summed E-state index contributed by atoms with van der Waals surface area (Å²) in [5, 5.41) is 10.5. The molecule has 0 atom stereocenters. The van der Waals surface area contributed by atoms with Crippen LogP contribution in [-0.4, -0.2) is 24.3 Å². The van der Waals surface area contributed by atoms with Crippen molar-refractivity contribution in [2.75, 3.05) is 11.3 Å². The van der Waals surface area contributed by atoms with Crippen molar-refractivity contribution >= 4 is 24.3 Å². The van der Waals surface area contributed by atoms with Crippen LogP contribution in [0.1, 0.15) is 5.56 Å². The van der Waals surface area contributed by atoms with Crippen LogP contribution >= 0.6 is 0 Å². The quantitative estimate of drug-likeness (QED) is 0.403. The van der Waals surface area contributed by atoms with Gasteiger partial charge in [-0.05, 0) is 18.1 Å². The Balaban J connectivity index is 0.00000180. The topological polar surface area (TPSA) is 63.4 Å². The van der Waals surface area contributed by atoms with Gasteiger partial charge in [-0.25, -0.2) is 0 Å². The number of nitro benzene ring substituents is 1. The standard InChI is InChI=1S/C9H7BF3N2O3.K/c11-10(12,13)5-14-8-2-1-7(15(17)18)3-6(8)4-9(14)16;/h1-3H,4-5H2;/q-1;+1. The average Bonchev–Trinajstić information content (AvgIpc) is 2.52. The maximum absolute atomic E-state index is 12.3. The summed E-state index contributed by atoms with van der Waals surface area (Å²) in [4.78, 5) is 22.0. The Kier molecular flexibility index (Phi) is 5.18. The molecule has 0 unspecified atom stereocenters. The number of benzene rings is 1. The molecular formula is C9H7BF3KN2O3. The molecule has 10 heteroatoms. The van der Waals surface area contributed by atoms with Gasteiger partial charge in [-0.3, -0.25) is 14.9 Å². The smallest absolute Gasteiger partial charge is 0.448 e. The van der Waals surface area contributed by atoms with E-state index < -0.39 is 24.3 Å². The third-order valence-electron chi connectivity index (χ3n) is 2.60. The van der Waals surface area contributed by atoms with E-state index in [9.17, 15) is 27.9 Å². The van der Waals surface area contributed by atoms with E-state index in [-0.39, 0.29) is 74.7 Å². The van der Waals surface area contributed by atoms with Crippen LogP contribution in [0.4, 0.5) is 24.3 Å². The Morgan fingerprint density at radius 1 is 1.37 bits per heavy atom. The number of carbonyl (C=O) groups is 1. The zero-order chi connectivity index (χ0) is 13.5. The van der Waals surface area contributed by atoms with Crippen LogP contribution in [0.25, 0.3) is 0 Å². The zero-order valence-corrected chi connectivity index (χ0v) is 13.1. The molecule has 96 valence electrons. The number of halogens is 3. The van der Waals surface area contributed by atoms with Crippen molar-refractivity contribution in [1.82, 2.24) is 0 Å². The molecule has 0 fully saturated rings. The van der Waals surface area contributed by atoms with Gasteiger partial charge in [-0.1, -0.05) is 0 Å². The number of nitrogens with zero attached hydrogens (tertiary/aromatic N) is 2. The van der Waals surface area contributed by atoms with Gasteiger partial charge in [0, 0.05) is 17.8 Å². The molecule has 0 saturated heterocycles. The number of carbonyl (C=O) groups excluding carboxylic acids is 1. The predicted octanol–water partition coefficient (Wildman–Crippen LogP) is -1.13. The Bertz CT molecular complexity index is 538. The molecule has 1 heterocycles. The minimum absolute atomic E-state index is 0. The van der Waals surface area contributed by atoms with Gasteiger partial charge >= 0.3 is 58.4 Å². The van der Waals surface area contributed by atoms with Gasteiger partial charge in [0.05, 0.1) is 11.3 Å². The Morgan fingerprint density at radius 3 is 2.53 bits per heavy atom. The predicted molar refractivity (Wildman–Crippen MR) is 58.2 cm³/mol. The number of anilines is 1. The molecule has 0 aliphatic carbocycles. The Labute approximate surface area is 148 Å². The molecule has 19 heavy (non-hydrogen) atoms. The van der Waals surface area contributed by atoms with Crippen LogP contribution in [0, 0.1) is 10.1 Å². The largest absolute Gasteiger partial charge is 1.00 e. The molecule has 5 nitrogen and oxygen atoms in total. The van der Waals surface area contributed by atoms with Crippen LogP contribution in [0.5, 0.6) is 0 Å². The summed E-state index contributed by atoms with van der Waals surface area (Å²) < 4.78 is 37.0. The fourth-order valence-electron chi connectivity index (χ4n) is 1.89. The van der Waals surface area contributed by atoms with Gasteiger partial charge in [-0.2, -0.15) is 0 Å². The maximum atomic E-state index is 12.3. The Hall–Kier alpha value is -0.419. The number of non-ortho nitro benzene ring substituents is 1. The molecule has 1 aromatic rings. The van der Waals surface area contributed by atoms with Crippen molar-refractivity contribution < 1.29 is 74.0 Å². The van der Waals surface area contributed by atoms with E-state index in [1.54, 1.807) is 0 Å². The molecule has 0 bridgehead atoms. The van der Waals surface area contributed by atoms with Gasteiger partial charge in [0.1, 0.15) is 0 Å². The van der Waals surface area contributed by atoms with Crippen molar-refractivity contribution in [2.45, 2.75) is 6.42 Å². The third kappa shape index (κ3) is 3.78. The molecule has 0 aromatic heterocycles. The summed E-state index contributed by atoms with van der Waals surface area (Å²) >= 11 is 0. The molecule has 0 radical (unpaired) electrons. The first-order valence-electron chi connectivity index (χ1n) is 5.06. The molecule has 2 rings (SSSR count).